The van der Waals surface area contributed by atoms with Crippen molar-refractivity contribution in [2.75, 3.05) is 6.54 Å². The van der Waals surface area contributed by atoms with Gasteiger partial charge in [0.25, 0.3) is 0 Å². The van der Waals surface area contributed by atoms with Crippen molar-refractivity contribution >= 4 is 17.9 Å². The maximum Gasteiger partial charge on any atom is 0.246 e. The molecule has 128 valence electrons. The summed E-state index contributed by atoms with van der Waals surface area (Å²) < 4.78 is 0. The summed E-state index contributed by atoms with van der Waals surface area (Å²) in [7, 11) is 0. The van der Waals surface area contributed by atoms with Gasteiger partial charge < -0.3 is 5.32 Å². The first-order chi connectivity index (χ1) is 11.7. The lowest BCUT2D eigenvalue weighted by molar-refractivity contribution is -0.134. The number of hydrogen-bond donors (Lipinski definition) is 3. The smallest absolute Gasteiger partial charge is 0.246 e. The second kappa shape index (κ2) is 9.67. The fourth-order valence-corrected chi connectivity index (χ4v) is 2.90. The monoisotopic (exact) mass is 328 g/mol. The number of hydroxylamine groups is 1. The predicted octanol–water partition coefficient (Wildman–Crippen LogP) is 2.68. The molecule has 0 unspecified atom stereocenters. The van der Waals surface area contributed by atoms with Gasteiger partial charge in [-0.25, -0.2) is 5.48 Å². The number of rotatable bonds is 6. The number of hydrogen-bond acceptors (Lipinski definition) is 3. The molecule has 0 heterocycles. The number of nitrogens with one attached hydrogen (secondary N) is 2. The molecule has 1 aliphatic rings. The average molecular weight is 328 g/mol. The molecule has 2 rings (SSSR count). The van der Waals surface area contributed by atoms with E-state index in [0.29, 0.717) is 12.5 Å². The van der Waals surface area contributed by atoms with Crippen LogP contribution in [0.3, 0.4) is 0 Å². The minimum atomic E-state index is -0.300. The molecule has 1 aliphatic carbocycles. The minimum absolute atomic E-state index is 0.107. The van der Waals surface area contributed by atoms with Crippen molar-refractivity contribution in [2.24, 2.45) is 11.8 Å². The van der Waals surface area contributed by atoms with Crippen molar-refractivity contribution in [3.05, 3.63) is 54.1 Å². The van der Waals surface area contributed by atoms with E-state index < -0.39 is 0 Å². The van der Waals surface area contributed by atoms with E-state index in [0.717, 1.165) is 31.2 Å². The highest BCUT2D eigenvalue weighted by molar-refractivity contribution is 5.87. The quantitative estimate of drug-likeness (QED) is 0.325. The Kier molecular flexibility index (Phi) is 7.23. The lowest BCUT2D eigenvalue weighted by Crippen LogP contribution is -2.34. The van der Waals surface area contributed by atoms with E-state index in [1.54, 1.807) is 11.6 Å². The maximum atomic E-state index is 11.8. The molecule has 1 aromatic rings. The molecule has 5 heteroatoms. The predicted molar refractivity (Wildman–Crippen MR) is 93.0 cm³/mol. The number of carbonyl (C=O) groups is 2. The highest BCUT2D eigenvalue weighted by Gasteiger charge is 2.25. The molecular formula is C19H24N2O3. The van der Waals surface area contributed by atoms with Crippen LogP contribution in [-0.2, 0) is 9.59 Å². The van der Waals surface area contributed by atoms with Crippen LogP contribution in [0.4, 0.5) is 0 Å². The van der Waals surface area contributed by atoms with E-state index >= 15 is 0 Å². The molecule has 1 saturated carbocycles. The molecule has 2 amide bonds. The molecule has 0 atom stereocenters. The molecule has 1 fully saturated rings. The van der Waals surface area contributed by atoms with E-state index in [1.807, 2.05) is 42.5 Å². The van der Waals surface area contributed by atoms with Crippen molar-refractivity contribution in [2.45, 2.75) is 25.7 Å². The topological polar surface area (TPSA) is 78.4 Å². The normalized spacial score (nSPS) is 21.0. The van der Waals surface area contributed by atoms with Crippen LogP contribution in [0, 0.1) is 11.8 Å². The van der Waals surface area contributed by atoms with Crippen LogP contribution < -0.4 is 10.8 Å². The minimum Gasteiger partial charge on any atom is -0.352 e. The highest BCUT2D eigenvalue weighted by Crippen LogP contribution is 2.28. The molecule has 0 saturated heterocycles. The van der Waals surface area contributed by atoms with Crippen LogP contribution in [-0.4, -0.2) is 23.6 Å². The second-order valence-electron chi connectivity index (χ2n) is 6.07. The Morgan fingerprint density at radius 1 is 1.08 bits per heavy atom. The Hall–Kier alpha value is -2.40. The summed E-state index contributed by atoms with van der Waals surface area (Å²) in [6.45, 7) is 0.624. The Bertz CT molecular complexity index is 588. The summed E-state index contributed by atoms with van der Waals surface area (Å²) in [5, 5.41) is 11.5. The van der Waals surface area contributed by atoms with Crippen LogP contribution in [0.2, 0.25) is 0 Å². The third-order valence-electron chi connectivity index (χ3n) is 4.34. The molecule has 1 aromatic carbocycles. The van der Waals surface area contributed by atoms with Gasteiger partial charge in [-0.05, 0) is 37.2 Å². The van der Waals surface area contributed by atoms with Crippen LogP contribution >= 0.6 is 0 Å². The Balaban J connectivity index is 1.66. The number of carbonyl (C=O) groups excluding carboxylic acids is 2. The van der Waals surface area contributed by atoms with Crippen LogP contribution in [0.1, 0.15) is 31.2 Å². The number of amides is 2. The van der Waals surface area contributed by atoms with E-state index in [-0.39, 0.29) is 17.7 Å². The zero-order valence-corrected chi connectivity index (χ0v) is 13.7. The molecule has 0 aromatic heterocycles. The fourth-order valence-electron chi connectivity index (χ4n) is 2.90. The standard InChI is InChI=1S/C19H24N2O3/c22-18(9-5-4-8-15-6-2-1-3-7-15)20-14-16-10-12-17(13-11-16)19(23)21-24/h1-9,16-17,24H,10-14H2,(H,20,22)(H,21,23). The van der Waals surface area contributed by atoms with E-state index in [4.69, 9.17) is 5.21 Å². The van der Waals surface area contributed by atoms with Gasteiger partial charge >= 0.3 is 0 Å². The lowest BCUT2D eigenvalue weighted by atomic mass is 9.81. The van der Waals surface area contributed by atoms with Gasteiger partial charge in [0.05, 0.1) is 0 Å². The molecule has 24 heavy (non-hydrogen) atoms. The van der Waals surface area contributed by atoms with Crippen molar-refractivity contribution < 1.29 is 14.8 Å². The van der Waals surface area contributed by atoms with Crippen molar-refractivity contribution in [3.8, 4) is 0 Å². The van der Waals surface area contributed by atoms with Gasteiger partial charge in [0.15, 0.2) is 0 Å². The summed E-state index contributed by atoms with van der Waals surface area (Å²) in [6, 6.07) is 9.89. The molecule has 3 N–H and O–H groups in total. The van der Waals surface area contributed by atoms with Gasteiger partial charge in [-0.3, -0.25) is 14.8 Å². The van der Waals surface area contributed by atoms with Gasteiger partial charge in [-0.15, -0.1) is 0 Å². The molecule has 5 nitrogen and oxygen atoms in total. The summed E-state index contributed by atoms with van der Waals surface area (Å²) in [5.74, 6) is -0.122. The first kappa shape index (κ1) is 17.9. The third-order valence-corrected chi connectivity index (χ3v) is 4.34. The Morgan fingerprint density at radius 2 is 1.79 bits per heavy atom. The average Bonchev–Trinajstić information content (AvgIpc) is 2.64. The van der Waals surface area contributed by atoms with E-state index in [1.165, 1.54) is 6.08 Å². The first-order valence-corrected chi connectivity index (χ1v) is 8.30. The van der Waals surface area contributed by atoms with E-state index in [2.05, 4.69) is 5.32 Å². The van der Waals surface area contributed by atoms with Gasteiger partial charge in [-0.1, -0.05) is 48.6 Å². The second-order valence-corrected chi connectivity index (χ2v) is 6.07. The van der Waals surface area contributed by atoms with Crippen molar-refractivity contribution in [1.82, 2.24) is 10.8 Å². The first-order valence-electron chi connectivity index (χ1n) is 8.30. The van der Waals surface area contributed by atoms with Gasteiger partial charge in [0.1, 0.15) is 0 Å². The molecular weight excluding hydrogens is 304 g/mol. The number of benzene rings is 1. The summed E-state index contributed by atoms with van der Waals surface area (Å²) in [6.07, 6.45) is 10.3. The van der Waals surface area contributed by atoms with Gasteiger partial charge in [0.2, 0.25) is 11.8 Å². The Labute approximate surface area is 142 Å². The maximum absolute atomic E-state index is 11.8. The van der Waals surface area contributed by atoms with Gasteiger partial charge in [0, 0.05) is 18.5 Å². The summed E-state index contributed by atoms with van der Waals surface area (Å²) >= 11 is 0. The van der Waals surface area contributed by atoms with Crippen LogP contribution in [0.25, 0.3) is 6.08 Å². The zero-order valence-electron chi connectivity index (χ0n) is 13.7. The molecule has 0 aliphatic heterocycles. The molecule has 0 radical (unpaired) electrons. The van der Waals surface area contributed by atoms with Crippen LogP contribution in [0.5, 0.6) is 0 Å². The van der Waals surface area contributed by atoms with Crippen molar-refractivity contribution in [1.29, 1.82) is 0 Å². The van der Waals surface area contributed by atoms with Gasteiger partial charge in [-0.2, -0.15) is 0 Å². The number of allylic oxidation sites excluding steroid dienone is 2. The fraction of sp³-hybridized carbons (Fsp3) is 0.368. The summed E-state index contributed by atoms with van der Waals surface area (Å²) in [5.41, 5.74) is 2.81. The zero-order chi connectivity index (χ0) is 17.2. The third kappa shape index (κ3) is 6.01. The van der Waals surface area contributed by atoms with Crippen molar-refractivity contribution in [3.63, 3.8) is 0 Å². The largest absolute Gasteiger partial charge is 0.352 e. The molecule has 0 spiro atoms. The summed E-state index contributed by atoms with van der Waals surface area (Å²) in [4.78, 5) is 23.1. The SMILES string of the molecule is O=C(C=CC=Cc1ccccc1)NCC1CCC(C(=O)NO)CC1. The Morgan fingerprint density at radius 3 is 2.46 bits per heavy atom. The molecule has 0 bridgehead atoms. The van der Waals surface area contributed by atoms with E-state index in [9.17, 15) is 9.59 Å². The lowest BCUT2D eigenvalue weighted by Gasteiger charge is -2.27. The highest BCUT2D eigenvalue weighted by atomic mass is 16.5. The van der Waals surface area contributed by atoms with Crippen LogP contribution in [0.15, 0.2) is 48.6 Å².